The molecule has 3 heterocycles. The third-order valence-electron chi connectivity index (χ3n) is 5.96. The van der Waals surface area contributed by atoms with Crippen LogP contribution in [0.15, 0.2) is 29.6 Å². The molecule has 2 saturated heterocycles. The normalized spacial score (nSPS) is 24.4. The molecule has 4 rings (SSSR count). The number of carbonyl (C=O) groups is 1. The highest BCUT2D eigenvalue weighted by atomic mass is 32.1. The number of benzene rings is 1. The van der Waals surface area contributed by atoms with E-state index < -0.39 is 0 Å². The van der Waals surface area contributed by atoms with Crippen LogP contribution in [-0.4, -0.2) is 58.0 Å². The number of rotatable bonds is 4. The van der Waals surface area contributed by atoms with Crippen molar-refractivity contribution in [3.05, 3.63) is 46.7 Å². The van der Waals surface area contributed by atoms with E-state index in [2.05, 4.69) is 21.4 Å². The number of piperidine rings is 1. The lowest BCUT2D eigenvalue weighted by atomic mass is 9.87. The second-order valence-electron chi connectivity index (χ2n) is 7.85. The third-order valence-corrected chi connectivity index (χ3v) is 6.49. The van der Waals surface area contributed by atoms with E-state index >= 15 is 0 Å². The smallest absolute Gasteiger partial charge is 0.236 e. The van der Waals surface area contributed by atoms with E-state index in [1.165, 1.54) is 36.5 Å². The summed E-state index contributed by atoms with van der Waals surface area (Å²) in [5.41, 5.74) is 1.98. The minimum atomic E-state index is -0.240. The van der Waals surface area contributed by atoms with Crippen LogP contribution in [0.3, 0.4) is 0 Å². The standard InChI is InChI=1S/C20H25FN4OS/c1-14-6-8-24(9-7-14)12-20(26)25-10-17(15-2-4-16(21)5-3-15)18(11-25)19-13-27-23-22-19/h2-5,13-14,17-18H,6-12H2,1H3/t17-,18+/m0/s1. The van der Waals surface area contributed by atoms with Gasteiger partial charge in [-0.3, -0.25) is 9.69 Å². The van der Waals surface area contributed by atoms with Gasteiger partial charge in [-0.2, -0.15) is 0 Å². The molecule has 5 nitrogen and oxygen atoms in total. The van der Waals surface area contributed by atoms with Crippen molar-refractivity contribution in [2.24, 2.45) is 5.92 Å². The summed E-state index contributed by atoms with van der Waals surface area (Å²) in [6.07, 6.45) is 2.33. The number of nitrogens with zero attached hydrogens (tertiary/aromatic N) is 4. The van der Waals surface area contributed by atoms with Gasteiger partial charge in [-0.15, -0.1) is 5.10 Å². The Kier molecular flexibility index (Phi) is 5.50. The van der Waals surface area contributed by atoms with Gasteiger partial charge in [-0.1, -0.05) is 23.5 Å². The lowest BCUT2D eigenvalue weighted by Gasteiger charge is -2.31. The van der Waals surface area contributed by atoms with Crippen LogP contribution in [0.25, 0.3) is 0 Å². The van der Waals surface area contributed by atoms with Gasteiger partial charge >= 0.3 is 0 Å². The van der Waals surface area contributed by atoms with Crippen LogP contribution >= 0.6 is 11.5 Å². The Hall–Kier alpha value is -1.86. The van der Waals surface area contributed by atoms with Gasteiger partial charge in [0.25, 0.3) is 0 Å². The molecule has 0 N–H and O–H groups in total. The Morgan fingerprint density at radius 1 is 1.19 bits per heavy atom. The molecule has 0 unspecified atom stereocenters. The highest BCUT2D eigenvalue weighted by Gasteiger charge is 2.38. The van der Waals surface area contributed by atoms with Gasteiger partial charge < -0.3 is 4.90 Å². The van der Waals surface area contributed by atoms with Crippen molar-refractivity contribution in [3.63, 3.8) is 0 Å². The number of halogens is 1. The lowest BCUT2D eigenvalue weighted by Crippen LogP contribution is -2.42. The van der Waals surface area contributed by atoms with Gasteiger partial charge in [-0.25, -0.2) is 4.39 Å². The van der Waals surface area contributed by atoms with Gasteiger partial charge in [-0.05, 0) is 61.1 Å². The zero-order valence-electron chi connectivity index (χ0n) is 15.6. The Morgan fingerprint density at radius 2 is 1.89 bits per heavy atom. The van der Waals surface area contributed by atoms with Gasteiger partial charge in [0.05, 0.1) is 12.2 Å². The first-order chi connectivity index (χ1) is 13.1. The zero-order chi connectivity index (χ0) is 18.8. The van der Waals surface area contributed by atoms with Gasteiger partial charge in [0, 0.05) is 30.3 Å². The maximum Gasteiger partial charge on any atom is 0.236 e. The summed E-state index contributed by atoms with van der Waals surface area (Å²) in [6.45, 7) is 6.07. The monoisotopic (exact) mass is 388 g/mol. The van der Waals surface area contributed by atoms with E-state index in [0.29, 0.717) is 19.6 Å². The van der Waals surface area contributed by atoms with E-state index in [-0.39, 0.29) is 23.6 Å². The first kappa shape index (κ1) is 18.5. The molecule has 2 fully saturated rings. The molecule has 2 aromatic rings. The van der Waals surface area contributed by atoms with Crippen molar-refractivity contribution in [1.82, 2.24) is 19.4 Å². The predicted octanol–water partition coefficient (Wildman–Crippen LogP) is 3.12. The van der Waals surface area contributed by atoms with Crippen molar-refractivity contribution < 1.29 is 9.18 Å². The molecule has 1 amide bonds. The van der Waals surface area contributed by atoms with Crippen LogP contribution in [0.1, 0.15) is 42.9 Å². The second-order valence-corrected chi connectivity index (χ2v) is 8.46. The topological polar surface area (TPSA) is 49.3 Å². The SMILES string of the molecule is CC1CCN(CC(=O)N2C[C@@H](c3ccc(F)cc3)[C@H](c3csnn3)C2)CC1. The van der Waals surface area contributed by atoms with Crippen LogP contribution in [0.4, 0.5) is 4.39 Å². The predicted molar refractivity (Wildman–Crippen MR) is 103 cm³/mol. The maximum absolute atomic E-state index is 13.3. The van der Waals surface area contributed by atoms with Crippen molar-refractivity contribution in [3.8, 4) is 0 Å². The van der Waals surface area contributed by atoms with Crippen molar-refractivity contribution in [2.45, 2.75) is 31.6 Å². The molecule has 0 radical (unpaired) electrons. The highest BCUT2D eigenvalue weighted by molar-refractivity contribution is 7.03. The van der Waals surface area contributed by atoms with E-state index in [4.69, 9.17) is 0 Å². The fourth-order valence-corrected chi connectivity index (χ4v) is 4.72. The number of amides is 1. The fourth-order valence-electron chi connectivity index (χ4n) is 4.20. The number of aromatic nitrogens is 2. The van der Waals surface area contributed by atoms with Crippen LogP contribution in [0.2, 0.25) is 0 Å². The zero-order valence-corrected chi connectivity index (χ0v) is 16.4. The fraction of sp³-hybridized carbons (Fsp3) is 0.550. The van der Waals surface area contributed by atoms with Crippen LogP contribution < -0.4 is 0 Å². The van der Waals surface area contributed by atoms with Crippen LogP contribution in [-0.2, 0) is 4.79 Å². The number of carbonyl (C=O) groups excluding carboxylic acids is 1. The molecule has 144 valence electrons. The average Bonchev–Trinajstić information content (AvgIpc) is 3.33. The van der Waals surface area contributed by atoms with Crippen molar-refractivity contribution in [2.75, 3.05) is 32.7 Å². The molecule has 2 aliphatic heterocycles. The van der Waals surface area contributed by atoms with Crippen molar-refractivity contribution in [1.29, 1.82) is 0 Å². The van der Waals surface area contributed by atoms with Gasteiger partial charge in [0.2, 0.25) is 5.91 Å². The lowest BCUT2D eigenvalue weighted by molar-refractivity contribution is -0.131. The minimum absolute atomic E-state index is 0.111. The summed E-state index contributed by atoms with van der Waals surface area (Å²) in [5.74, 6) is 0.935. The Balaban J connectivity index is 1.48. The molecule has 0 bridgehead atoms. The Bertz CT molecular complexity index is 759. The first-order valence-corrected chi connectivity index (χ1v) is 10.5. The molecule has 1 aromatic carbocycles. The summed E-state index contributed by atoms with van der Waals surface area (Å²) in [7, 11) is 0. The number of likely N-dealkylation sites (tertiary alicyclic amines) is 2. The molecule has 0 saturated carbocycles. The minimum Gasteiger partial charge on any atom is -0.340 e. The third kappa shape index (κ3) is 4.19. The van der Waals surface area contributed by atoms with Crippen molar-refractivity contribution >= 4 is 17.4 Å². The van der Waals surface area contributed by atoms with E-state index in [9.17, 15) is 9.18 Å². The molecular formula is C20H25FN4OS. The summed E-state index contributed by atoms with van der Waals surface area (Å²) in [5, 5.41) is 6.21. The average molecular weight is 389 g/mol. The van der Waals surface area contributed by atoms with Crippen LogP contribution in [0, 0.1) is 11.7 Å². The second kappa shape index (κ2) is 8.02. The molecule has 0 aliphatic carbocycles. The molecule has 2 aliphatic rings. The summed E-state index contributed by atoms with van der Waals surface area (Å²) < 4.78 is 17.3. The maximum atomic E-state index is 13.3. The molecule has 1 aromatic heterocycles. The van der Waals surface area contributed by atoms with Gasteiger partial charge in [0.1, 0.15) is 5.82 Å². The Labute approximate surface area is 163 Å². The molecular weight excluding hydrogens is 363 g/mol. The Morgan fingerprint density at radius 3 is 2.56 bits per heavy atom. The van der Waals surface area contributed by atoms with E-state index in [1.807, 2.05) is 22.4 Å². The molecule has 0 spiro atoms. The highest BCUT2D eigenvalue weighted by Crippen LogP contribution is 2.39. The largest absolute Gasteiger partial charge is 0.340 e. The quantitative estimate of drug-likeness (QED) is 0.808. The van der Waals surface area contributed by atoms with E-state index in [0.717, 1.165) is 30.3 Å². The summed E-state index contributed by atoms with van der Waals surface area (Å²) in [4.78, 5) is 17.2. The van der Waals surface area contributed by atoms with Crippen LogP contribution in [0.5, 0.6) is 0 Å². The first-order valence-electron chi connectivity index (χ1n) is 9.62. The summed E-state index contributed by atoms with van der Waals surface area (Å²) in [6, 6.07) is 6.63. The molecule has 7 heteroatoms. The molecule has 2 atom stereocenters. The molecule has 27 heavy (non-hydrogen) atoms. The number of hydrogen-bond donors (Lipinski definition) is 0. The summed E-state index contributed by atoms with van der Waals surface area (Å²) >= 11 is 1.33. The number of hydrogen-bond acceptors (Lipinski definition) is 5. The van der Waals surface area contributed by atoms with Gasteiger partial charge in [0.15, 0.2) is 0 Å². The van der Waals surface area contributed by atoms with E-state index in [1.54, 1.807) is 0 Å².